The molecule has 0 aliphatic heterocycles. The summed E-state index contributed by atoms with van der Waals surface area (Å²) in [6, 6.07) is 7.37. The zero-order valence-corrected chi connectivity index (χ0v) is 12.7. The summed E-state index contributed by atoms with van der Waals surface area (Å²) in [7, 11) is 0. The Morgan fingerprint density at radius 1 is 1.22 bits per heavy atom. The number of hydrogen-bond donors (Lipinski definition) is 3. The topological polar surface area (TPSA) is 100 Å². The van der Waals surface area contributed by atoms with Crippen LogP contribution in [0.3, 0.4) is 0 Å². The van der Waals surface area contributed by atoms with E-state index in [2.05, 4.69) is 25.6 Å². The standard InChI is InChI=1S/C16H19N5O2/c22-15(23)6-8-18-13-9-14(19-10-11-4-5-11)21-16(20-13)12-3-1-2-7-17-12/h1-3,7,9,11H,4-6,8,10H2,(H,22,23)(H2,18,19,20,21). The molecule has 7 nitrogen and oxygen atoms in total. The highest BCUT2D eigenvalue weighted by atomic mass is 16.4. The minimum atomic E-state index is -0.844. The molecule has 0 unspecified atom stereocenters. The number of pyridine rings is 1. The monoisotopic (exact) mass is 313 g/mol. The average Bonchev–Trinajstić information content (AvgIpc) is 3.38. The van der Waals surface area contributed by atoms with Crippen LogP contribution in [0.1, 0.15) is 19.3 Å². The summed E-state index contributed by atoms with van der Waals surface area (Å²) in [6.45, 7) is 1.21. The van der Waals surface area contributed by atoms with Crippen LogP contribution in [0.4, 0.5) is 11.6 Å². The molecule has 0 radical (unpaired) electrons. The van der Waals surface area contributed by atoms with Gasteiger partial charge in [0, 0.05) is 25.4 Å². The van der Waals surface area contributed by atoms with Gasteiger partial charge in [-0.15, -0.1) is 0 Å². The third-order valence-electron chi connectivity index (χ3n) is 3.53. The Morgan fingerprint density at radius 2 is 2.00 bits per heavy atom. The molecule has 1 aliphatic carbocycles. The van der Waals surface area contributed by atoms with Crippen molar-refractivity contribution in [1.82, 2.24) is 15.0 Å². The van der Waals surface area contributed by atoms with Crippen molar-refractivity contribution >= 4 is 17.6 Å². The number of carbonyl (C=O) groups is 1. The highest BCUT2D eigenvalue weighted by molar-refractivity contribution is 5.67. The first-order valence-corrected chi connectivity index (χ1v) is 7.71. The van der Waals surface area contributed by atoms with Crippen LogP contribution in [0.15, 0.2) is 30.5 Å². The van der Waals surface area contributed by atoms with Gasteiger partial charge in [0.25, 0.3) is 0 Å². The molecule has 0 amide bonds. The first-order valence-electron chi connectivity index (χ1n) is 7.71. The minimum Gasteiger partial charge on any atom is -0.481 e. The molecule has 120 valence electrons. The van der Waals surface area contributed by atoms with Crippen molar-refractivity contribution in [1.29, 1.82) is 0 Å². The zero-order chi connectivity index (χ0) is 16.1. The molecular weight excluding hydrogens is 294 g/mol. The maximum atomic E-state index is 10.6. The van der Waals surface area contributed by atoms with Crippen molar-refractivity contribution < 1.29 is 9.90 Å². The summed E-state index contributed by atoms with van der Waals surface area (Å²) in [6.07, 6.45) is 4.25. The number of aromatic nitrogens is 3. The lowest BCUT2D eigenvalue weighted by Gasteiger charge is -2.10. The van der Waals surface area contributed by atoms with Gasteiger partial charge in [0.1, 0.15) is 17.3 Å². The fraction of sp³-hybridized carbons (Fsp3) is 0.375. The molecule has 1 saturated carbocycles. The van der Waals surface area contributed by atoms with Gasteiger partial charge >= 0.3 is 5.97 Å². The number of carboxylic acid groups (broad SMARTS) is 1. The van der Waals surface area contributed by atoms with Gasteiger partial charge in [0.2, 0.25) is 0 Å². The molecule has 7 heteroatoms. The van der Waals surface area contributed by atoms with E-state index in [4.69, 9.17) is 5.11 Å². The van der Waals surface area contributed by atoms with Crippen molar-refractivity contribution in [2.45, 2.75) is 19.3 Å². The van der Waals surface area contributed by atoms with Gasteiger partial charge in [-0.25, -0.2) is 9.97 Å². The number of rotatable bonds is 8. The van der Waals surface area contributed by atoms with E-state index in [1.807, 2.05) is 18.2 Å². The van der Waals surface area contributed by atoms with E-state index in [-0.39, 0.29) is 6.42 Å². The van der Waals surface area contributed by atoms with Crippen LogP contribution in [0.25, 0.3) is 11.5 Å². The molecule has 0 atom stereocenters. The smallest absolute Gasteiger partial charge is 0.305 e. The van der Waals surface area contributed by atoms with Crippen LogP contribution in [-0.4, -0.2) is 39.1 Å². The molecule has 1 fully saturated rings. The number of hydrogen-bond acceptors (Lipinski definition) is 6. The molecule has 2 aromatic rings. The van der Waals surface area contributed by atoms with Gasteiger partial charge in [-0.2, -0.15) is 0 Å². The fourth-order valence-electron chi connectivity index (χ4n) is 2.11. The first-order chi connectivity index (χ1) is 11.2. The molecule has 0 saturated heterocycles. The minimum absolute atomic E-state index is 0.0355. The maximum absolute atomic E-state index is 10.6. The number of anilines is 2. The number of nitrogens with one attached hydrogen (secondary N) is 2. The normalized spacial score (nSPS) is 13.6. The largest absolute Gasteiger partial charge is 0.481 e. The van der Waals surface area contributed by atoms with Crippen LogP contribution in [0.2, 0.25) is 0 Å². The van der Waals surface area contributed by atoms with E-state index < -0.39 is 5.97 Å². The molecular formula is C16H19N5O2. The van der Waals surface area contributed by atoms with Crippen LogP contribution in [0, 0.1) is 5.92 Å². The lowest BCUT2D eigenvalue weighted by molar-refractivity contribution is -0.136. The van der Waals surface area contributed by atoms with Crippen LogP contribution < -0.4 is 10.6 Å². The number of nitrogens with zero attached hydrogens (tertiary/aromatic N) is 3. The molecule has 1 aliphatic rings. The van der Waals surface area contributed by atoms with Gasteiger partial charge in [0.15, 0.2) is 5.82 Å². The van der Waals surface area contributed by atoms with E-state index in [1.165, 1.54) is 12.8 Å². The second-order valence-corrected chi connectivity index (χ2v) is 5.57. The second kappa shape index (κ2) is 7.04. The summed E-state index contributed by atoms with van der Waals surface area (Å²) in [5.74, 6) is 1.73. The van der Waals surface area contributed by atoms with Crippen LogP contribution in [-0.2, 0) is 4.79 Å². The van der Waals surface area contributed by atoms with E-state index in [0.29, 0.717) is 23.9 Å². The van der Waals surface area contributed by atoms with Gasteiger partial charge in [-0.1, -0.05) is 6.07 Å². The third-order valence-corrected chi connectivity index (χ3v) is 3.53. The van der Waals surface area contributed by atoms with Crippen LogP contribution in [0.5, 0.6) is 0 Å². The van der Waals surface area contributed by atoms with E-state index in [1.54, 1.807) is 12.3 Å². The summed E-state index contributed by atoms with van der Waals surface area (Å²) in [5, 5.41) is 15.1. The SMILES string of the molecule is O=C(O)CCNc1cc(NCC2CC2)nc(-c2ccccn2)n1. The van der Waals surface area contributed by atoms with Gasteiger partial charge in [0.05, 0.1) is 6.42 Å². The van der Waals surface area contributed by atoms with Gasteiger partial charge in [-0.3, -0.25) is 9.78 Å². The Kier molecular flexibility index (Phi) is 4.65. The molecule has 0 bridgehead atoms. The third kappa shape index (κ3) is 4.64. The molecule has 2 heterocycles. The Bertz CT molecular complexity index is 673. The Balaban J connectivity index is 1.78. The highest BCUT2D eigenvalue weighted by Gasteiger charge is 2.21. The molecule has 2 aromatic heterocycles. The van der Waals surface area contributed by atoms with E-state index in [9.17, 15) is 4.79 Å². The second-order valence-electron chi connectivity index (χ2n) is 5.57. The number of carboxylic acids is 1. The lowest BCUT2D eigenvalue weighted by atomic mass is 10.3. The van der Waals surface area contributed by atoms with Crippen molar-refractivity contribution in [3.63, 3.8) is 0 Å². The Labute approximate surface area is 134 Å². The molecule has 0 aromatic carbocycles. The van der Waals surface area contributed by atoms with Gasteiger partial charge < -0.3 is 15.7 Å². The molecule has 23 heavy (non-hydrogen) atoms. The summed E-state index contributed by atoms with van der Waals surface area (Å²) >= 11 is 0. The van der Waals surface area contributed by atoms with Crippen molar-refractivity contribution in [3.8, 4) is 11.5 Å². The molecule has 0 spiro atoms. The number of aliphatic carboxylic acids is 1. The summed E-state index contributed by atoms with van der Waals surface area (Å²) in [5.41, 5.74) is 0.684. The quantitative estimate of drug-likeness (QED) is 0.687. The zero-order valence-electron chi connectivity index (χ0n) is 12.7. The highest BCUT2D eigenvalue weighted by Crippen LogP contribution is 2.29. The molecule has 3 rings (SSSR count). The van der Waals surface area contributed by atoms with Crippen molar-refractivity contribution in [3.05, 3.63) is 30.5 Å². The van der Waals surface area contributed by atoms with Crippen molar-refractivity contribution in [2.24, 2.45) is 5.92 Å². The average molecular weight is 313 g/mol. The Hall–Kier alpha value is -2.70. The van der Waals surface area contributed by atoms with Crippen molar-refractivity contribution in [2.75, 3.05) is 23.7 Å². The first kappa shape index (κ1) is 15.2. The van der Waals surface area contributed by atoms with Crippen LogP contribution >= 0.6 is 0 Å². The predicted octanol–water partition coefficient (Wildman–Crippen LogP) is 2.25. The summed E-state index contributed by atoms with van der Waals surface area (Å²) < 4.78 is 0. The maximum Gasteiger partial charge on any atom is 0.305 e. The Morgan fingerprint density at radius 3 is 2.65 bits per heavy atom. The van der Waals surface area contributed by atoms with Gasteiger partial charge in [-0.05, 0) is 30.9 Å². The fourth-order valence-corrected chi connectivity index (χ4v) is 2.11. The summed E-state index contributed by atoms with van der Waals surface area (Å²) in [4.78, 5) is 23.8. The van der Waals surface area contributed by atoms with E-state index in [0.717, 1.165) is 18.3 Å². The predicted molar refractivity (Wildman–Crippen MR) is 87.2 cm³/mol. The molecule has 3 N–H and O–H groups in total. The lowest BCUT2D eigenvalue weighted by Crippen LogP contribution is -2.11. The van der Waals surface area contributed by atoms with E-state index >= 15 is 0 Å².